The molecule has 11 heteroatoms. The molecule has 0 amide bonds. The number of aromatic nitrogens is 2. The standard InChI is InChI=1S/C17H18ClN5O3S2/c1-17(9-28(24,25)23(2)16(19)22-17)14-12(18)6-13(27-14)10-5-11(8-20-7-10)15-21-3-4-26-15/h3-8,12,14H,9H2,1-2H3,(H2,19,22)/t12?,14?,17-/m0/s1. The predicted octanol–water partition coefficient (Wildman–Crippen LogP) is 2.15. The molecule has 0 spiro atoms. The maximum absolute atomic E-state index is 12.5. The number of hydrogen-bond acceptors (Lipinski definition) is 8. The second-order valence-corrected chi connectivity index (χ2v) is 10.6. The highest BCUT2D eigenvalue weighted by molar-refractivity contribution is 8.09. The average Bonchev–Trinajstić information content (AvgIpc) is 3.29. The Morgan fingerprint density at radius 1 is 1.39 bits per heavy atom. The number of halogens is 1. The fourth-order valence-corrected chi connectivity index (χ4v) is 6.86. The van der Waals surface area contributed by atoms with Crippen molar-refractivity contribution in [3.05, 3.63) is 42.6 Å². The van der Waals surface area contributed by atoms with Crippen LogP contribution in [0.1, 0.15) is 12.5 Å². The van der Waals surface area contributed by atoms with Crippen LogP contribution in [0.5, 0.6) is 0 Å². The van der Waals surface area contributed by atoms with Gasteiger partial charge in [-0.1, -0.05) is 6.08 Å². The van der Waals surface area contributed by atoms with Crippen LogP contribution in [0.15, 0.2) is 46.4 Å². The van der Waals surface area contributed by atoms with Crippen molar-refractivity contribution in [1.29, 1.82) is 0 Å². The van der Waals surface area contributed by atoms with Gasteiger partial charge in [0.2, 0.25) is 21.9 Å². The van der Waals surface area contributed by atoms with Crippen LogP contribution >= 0.6 is 23.4 Å². The van der Waals surface area contributed by atoms with Gasteiger partial charge in [-0.2, -0.15) is 0 Å². The Labute approximate surface area is 171 Å². The fourth-order valence-electron chi connectivity index (χ4n) is 3.28. The summed E-state index contributed by atoms with van der Waals surface area (Å²) in [4.78, 5) is 13.8. The van der Waals surface area contributed by atoms with Gasteiger partial charge in [0.15, 0.2) is 0 Å². The third-order valence-electron chi connectivity index (χ3n) is 4.75. The quantitative estimate of drug-likeness (QED) is 0.728. The first kappa shape index (κ1) is 19.3. The van der Waals surface area contributed by atoms with Crippen LogP contribution < -0.4 is 5.73 Å². The first-order valence-corrected chi connectivity index (χ1v) is 11.3. The van der Waals surface area contributed by atoms with Gasteiger partial charge in [0.25, 0.3) is 0 Å². The number of oxazole rings is 1. The SMILES string of the molecule is CN1C(N)=N[C@](C)(C2SC(c3cncc(-c4ncco4)c3)=CC2Cl)CS1(=O)=O. The van der Waals surface area contributed by atoms with Gasteiger partial charge in [0, 0.05) is 29.9 Å². The van der Waals surface area contributed by atoms with Crippen LogP contribution in [-0.4, -0.2) is 57.6 Å². The Hall–Kier alpha value is -2.04. The molecule has 0 aromatic carbocycles. The molecule has 2 unspecified atom stereocenters. The van der Waals surface area contributed by atoms with E-state index < -0.39 is 20.9 Å². The van der Waals surface area contributed by atoms with Gasteiger partial charge < -0.3 is 10.2 Å². The number of sulfonamides is 1. The van der Waals surface area contributed by atoms with E-state index in [2.05, 4.69) is 15.0 Å². The minimum atomic E-state index is -3.55. The minimum Gasteiger partial charge on any atom is -0.444 e. The summed E-state index contributed by atoms with van der Waals surface area (Å²) >= 11 is 8.08. The highest BCUT2D eigenvalue weighted by Crippen LogP contribution is 2.48. The van der Waals surface area contributed by atoms with E-state index in [4.69, 9.17) is 21.8 Å². The molecule has 0 saturated heterocycles. The lowest BCUT2D eigenvalue weighted by Crippen LogP contribution is -2.56. The molecule has 2 aliphatic heterocycles. The molecule has 0 fully saturated rings. The van der Waals surface area contributed by atoms with Crippen molar-refractivity contribution in [2.45, 2.75) is 23.1 Å². The van der Waals surface area contributed by atoms with Crippen LogP contribution in [0, 0.1) is 0 Å². The Bertz CT molecular complexity index is 1070. The molecule has 8 nitrogen and oxygen atoms in total. The lowest BCUT2D eigenvalue weighted by Gasteiger charge is -2.38. The highest BCUT2D eigenvalue weighted by atomic mass is 35.5. The van der Waals surface area contributed by atoms with Crippen molar-refractivity contribution >= 4 is 44.3 Å². The van der Waals surface area contributed by atoms with E-state index in [-0.39, 0.29) is 17.0 Å². The van der Waals surface area contributed by atoms with Crippen LogP contribution in [-0.2, 0) is 10.0 Å². The normalized spacial score (nSPS) is 29.5. The lowest BCUT2D eigenvalue weighted by molar-refractivity contribution is 0.454. The van der Waals surface area contributed by atoms with Crippen molar-refractivity contribution < 1.29 is 12.8 Å². The number of guanidine groups is 1. The van der Waals surface area contributed by atoms with E-state index in [0.29, 0.717) is 5.89 Å². The number of nitrogens with zero attached hydrogens (tertiary/aromatic N) is 4. The summed E-state index contributed by atoms with van der Waals surface area (Å²) < 4.78 is 31.3. The molecule has 28 heavy (non-hydrogen) atoms. The molecule has 148 valence electrons. The molecule has 2 aromatic rings. The largest absolute Gasteiger partial charge is 0.444 e. The molecule has 4 heterocycles. The van der Waals surface area contributed by atoms with Gasteiger partial charge in [-0.3, -0.25) is 4.98 Å². The third-order valence-corrected chi connectivity index (χ3v) is 8.93. The number of allylic oxidation sites excluding steroid dienone is 1. The predicted molar refractivity (Wildman–Crippen MR) is 110 cm³/mol. The highest BCUT2D eigenvalue weighted by Gasteiger charge is 2.49. The summed E-state index contributed by atoms with van der Waals surface area (Å²) in [6.07, 6.45) is 8.36. The van der Waals surface area contributed by atoms with E-state index >= 15 is 0 Å². The van der Waals surface area contributed by atoms with Crippen LogP contribution in [0.25, 0.3) is 16.4 Å². The molecule has 0 radical (unpaired) electrons. The van der Waals surface area contributed by atoms with E-state index in [1.807, 2.05) is 12.1 Å². The molecule has 4 rings (SSSR count). The molecule has 3 atom stereocenters. The Morgan fingerprint density at radius 2 is 2.14 bits per heavy atom. The van der Waals surface area contributed by atoms with Crippen molar-refractivity contribution in [3.63, 3.8) is 0 Å². The molecule has 0 aliphatic carbocycles. The molecular formula is C17H18ClN5O3S2. The van der Waals surface area contributed by atoms with E-state index in [0.717, 1.165) is 20.3 Å². The lowest BCUT2D eigenvalue weighted by atomic mass is 9.97. The first-order chi connectivity index (χ1) is 13.2. The third kappa shape index (κ3) is 3.29. The molecule has 0 saturated carbocycles. The molecule has 0 bridgehead atoms. The summed E-state index contributed by atoms with van der Waals surface area (Å²) in [6, 6.07) is 1.91. The van der Waals surface area contributed by atoms with Gasteiger partial charge in [-0.25, -0.2) is 22.7 Å². The maximum Gasteiger partial charge on any atom is 0.239 e. The van der Waals surface area contributed by atoms with Gasteiger partial charge >= 0.3 is 0 Å². The van der Waals surface area contributed by atoms with Crippen molar-refractivity contribution in [2.75, 3.05) is 12.8 Å². The fraction of sp³-hybridized carbons (Fsp3) is 0.353. The number of rotatable bonds is 3. The second kappa shape index (κ2) is 6.78. The number of aliphatic imine (C=N–C) groups is 1. The summed E-state index contributed by atoms with van der Waals surface area (Å²) in [5, 5.41) is -0.706. The topological polar surface area (TPSA) is 115 Å². The summed E-state index contributed by atoms with van der Waals surface area (Å²) in [7, 11) is -2.15. The van der Waals surface area contributed by atoms with Gasteiger partial charge in [-0.05, 0) is 13.0 Å². The number of nitrogens with two attached hydrogens (primary N) is 1. The first-order valence-electron chi connectivity index (χ1n) is 8.39. The maximum atomic E-state index is 12.5. The number of pyridine rings is 1. The van der Waals surface area contributed by atoms with Crippen molar-refractivity contribution in [1.82, 2.24) is 14.3 Å². The molecule has 2 aliphatic rings. The number of thioether (sulfide) groups is 1. The van der Waals surface area contributed by atoms with Crippen LogP contribution in [0.4, 0.5) is 0 Å². The zero-order valence-electron chi connectivity index (χ0n) is 15.1. The Morgan fingerprint density at radius 3 is 2.82 bits per heavy atom. The number of alkyl halides is 1. The van der Waals surface area contributed by atoms with Crippen LogP contribution in [0.2, 0.25) is 0 Å². The van der Waals surface area contributed by atoms with Gasteiger partial charge in [-0.15, -0.1) is 23.4 Å². The van der Waals surface area contributed by atoms with Crippen LogP contribution in [0.3, 0.4) is 0 Å². The Kier molecular flexibility index (Phi) is 4.67. The van der Waals surface area contributed by atoms with Crippen molar-refractivity contribution in [3.8, 4) is 11.5 Å². The monoisotopic (exact) mass is 439 g/mol. The summed E-state index contributed by atoms with van der Waals surface area (Å²) in [5.74, 6) is 0.287. The Balaban J connectivity index is 1.64. The molecule has 2 aromatic heterocycles. The number of hydrogen-bond donors (Lipinski definition) is 1. The smallest absolute Gasteiger partial charge is 0.239 e. The van der Waals surface area contributed by atoms with E-state index in [9.17, 15) is 8.42 Å². The average molecular weight is 440 g/mol. The molecular weight excluding hydrogens is 422 g/mol. The zero-order chi connectivity index (χ0) is 20.1. The van der Waals surface area contributed by atoms with Crippen molar-refractivity contribution in [2.24, 2.45) is 10.7 Å². The zero-order valence-corrected chi connectivity index (χ0v) is 17.5. The van der Waals surface area contributed by atoms with Gasteiger partial charge in [0.1, 0.15) is 6.26 Å². The molecule has 2 N–H and O–H groups in total. The minimum absolute atomic E-state index is 0.0285. The van der Waals surface area contributed by atoms with Gasteiger partial charge in [0.05, 0.1) is 33.7 Å². The summed E-state index contributed by atoms with van der Waals surface area (Å²) in [5.41, 5.74) is 6.51. The second-order valence-electron chi connectivity index (χ2n) is 6.86. The van der Waals surface area contributed by atoms with E-state index in [1.165, 1.54) is 25.1 Å². The van der Waals surface area contributed by atoms with E-state index in [1.54, 1.807) is 25.5 Å². The summed E-state index contributed by atoms with van der Waals surface area (Å²) in [6.45, 7) is 1.77.